The van der Waals surface area contributed by atoms with Gasteiger partial charge >= 0.3 is 12.0 Å². The van der Waals surface area contributed by atoms with Crippen molar-refractivity contribution in [2.75, 3.05) is 13.2 Å². The highest BCUT2D eigenvalue weighted by Gasteiger charge is 2.64. The van der Waals surface area contributed by atoms with E-state index in [9.17, 15) is 24.9 Å². The Kier molecular flexibility index (Phi) is 5.44. The number of aliphatic imine (C=N–C) groups is 1. The summed E-state index contributed by atoms with van der Waals surface area (Å²) >= 11 is 0. The van der Waals surface area contributed by atoms with Crippen LogP contribution in [0.5, 0.6) is 0 Å². The summed E-state index contributed by atoms with van der Waals surface area (Å²) in [6.07, 6.45) is -5.83. The van der Waals surface area contributed by atoms with Crippen LogP contribution < -0.4 is 11.5 Å². The van der Waals surface area contributed by atoms with Crippen molar-refractivity contribution in [3.63, 3.8) is 0 Å². The van der Waals surface area contributed by atoms with Gasteiger partial charge in [0.2, 0.25) is 12.6 Å². The average Bonchev–Trinajstić information content (AvgIpc) is 3.04. The maximum absolute atomic E-state index is 12.8. The first-order chi connectivity index (χ1) is 11.7. The Morgan fingerprint density at radius 2 is 2.04 bits per heavy atom. The number of hydrogen-bond donors (Lipinski definition) is 5. The van der Waals surface area contributed by atoms with Gasteiger partial charge in [-0.2, -0.15) is 9.79 Å². The van der Waals surface area contributed by atoms with E-state index in [1.807, 2.05) is 0 Å². The number of nitrogens with two attached hydrogens (primary N) is 2. The molecule has 2 rings (SSSR count). The summed E-state index contributed by atoms with van der Waals surface area (Å²) in [5.41, 5.74) is 10.6. The van der Waals surface area contributed by atoms with E-state index in [1.54, 1.807) is 13.8 Å². The number of primary amides is 1. The van der Waals surface area contributed by atoms with Crippen molar-refractivity contribution in [1.82, 2.24) is 0 Å². The second-order valence-corrected chi connectivity index (χ2v) is 6.32. The minimum atomic E-state index is -1.63. The first-order valence-corrected chi connectivity index (χ1v) is 7.70. The highest BCUT2D eigenvalue weighted by molar-refractivity contribution is 5.96. The van der Waals surface area contributed by atoms with Crippen molar-refractivity contribution in [3.8, 4) is 0 Å². The zero-order chi connectivity index (χ0) is 18.9. The van der Waals surface area contributed by atoms with Gasteiger partial charge in [-0.05, 0) is 5.92 Å². The van der Waals surface area contributed by atoms with Crippen LogP contribution in [0.15, 0.2) is 16.5 Å². The molecule has 0 saturated carbocycles. The lowest BCUT2D eigenvalue weighted by atomic mass is 10.1. The van der Waals surface area contributed by atoms with Gasteiger partial charge in [-0.1, -0.05) is 13.8 Å². The number of ether oxygens (including phenoxy) is 2. The van der Waals surface area contributed by atoms with E-state index in [1.165, 1.54) is 0 Å². The molecular formula is C14H23N4O7+. The summed E-state index contributed by atoms with van der Waals surface area (Å²) < 4.78 is 9.46. The van der Waals surface area contributed by atoms with E-state index in [2.05, 4.69) is 4.99 Å². The predicted molar refractivity (Wildman–Crippen MR) is 83.1 cm³/mol. The van der Waals surface area contributed by atoms with Crippen LogP contribution in [0.3, 0.4) is 0 Å². The van der Waals surface area contributed by atoms with Crippen LogP contribution >= 0.6 is 0 Å². The third kappa shape index (κ3) is 3.12. The van der Waals surface area contributed by atoms with Gasteiger partial charge in [0.1, 0.15) is 12.2 Å². The molecule has 140 valence electrons. The summed E-state index contributed by atoms with van der Waals surface area (Å²) in [7, 11) is 0. The van der Waals surface area contributed by atoms with Crippen molar-refractivity contribution < 1.29 is 38.9 Å². The molecule has 0 radical (unpaired) electrons. The third-order valence-corrected chi connectivity index (χ3v) is 3.99. The first kappa shape index (κ1) is 19.3. The van der Waals surface area contributed by atoms with E-state index >= 15 is 0 Å². The summed E-state index contributed by atoms with van der Waals surface area (Å²) in [4.78, 5) is 28.5. The Hall–Kier alpha value is -2.05. The van der Waals surface area contributed by atoms with E-state index in [0.29, 0.717) is 0 Å². The van der Waals surface area contributed by atoms with E-state index in [4.69, 9.17) is 20.9 Å². The van der Waals surface area contributed by atoms with Gasteiger partial charge in [-0.15, -0.1) is 4.48 Å². The van der Waals surface area contributed by atoms with Gasteiger partial charge in [-0.3, -0.25) is 4.79 Å². The second kappa shape index (κ2) is 7.06. The molecule has 0 spiro atoms. The summed E-state index contributed by atoms with van der Waals surface area (Å²) in [6.45, 7) is 3.02. The minimum absolute atomic E-state index is 0.00732. The molecule has 2 aliphatic heterocycles. The van der Waals surface area contributed by atoms with E-state index in [0.717, 1.165) is 6.34 Å². The predicted octanol–water partition coefficient (Wildman–Crippen LogP) is -2.31. The number of carbonyl (C=O) groups excluding carboxylic acids is 2. The smallest absolute Gasteiger partial charge is 0.419 e. The lowest BCUT2D eigenvalue weighted by Crippen LogP contribution is -2.63. The molecule has 0 aromatic rings. The quantitative estimate of drug-likeness (QED) is 0.340. The third-order valence-electron chi connectivity index (χ3n) is 3.99. The molecule has 11 nitrogen and oxygen atoms in total. The fourth-order valence-corrected chi connectivity index (χ4v) is 2.77. The maximum Gasteiger partial charge on any atom is 0.529 e. The number of quaternary nitrogens is 1. The lowest BCUT2D eigenvalue weighted by Gasteiger charge is -2.33. The van der Waals surface area contributed by atoms with Gasteiger partial charge in [-0.25, -0.2) is 0 Å². The molecule has 7 N–H and O–H groups in total. The molecule has 0 bridgehead atoms. The van der Waals surface area contributed by atoms with Gasteiger partial charge in [0.15, 0.2) is 11.9 Å². The van der Waals surface area contributed by atoms with Gasteiger partial charge in [0, 0.05) is 0 Å². The van der Waals surface area contributed by atoms with Crippen molar-refractivity contribution in [2.45, 2.75) is 38.4 Å². The fourth-order valence-electron chi connectivity index (χ4n) is 2.77. The van der Waals surface area contributed by atoms with Gasteiger partial charge in [0.25, 0.3) is 5.70 Å². The largest absolute Gasteiger partial charge is 0.529 e. The monoisotopic (exact) mass is 359 g/mol. The van der Waals surface area contributed by atoms with Crippen molar-refractivity contribution >= 4 is 18.3 Å². The summed E-state index contributed by atoms with van der Waals surface area (Å²) in [5.74, 6) is -1.40. The highest BCUT2D eigenvalue weighted by Crippen LogP contribution is 2.36. The molecule has 0 aliphatic carbocycles. The highest BCUT2D eigenvalue weighted by atomic mass is 16.6. The van der Waals surface area contributed by atoms with Crippen LogP contribution in [0.1, 0.15) is 13.8 Å². The number of rotatable bonds is 5. The summed E-state index contributed by atoms with van der Waals surface area (Å²) in [5, 5.41) is 29.6. The van der Waals surface area contributed by atoms with Crippen LogP contribution in [0.25, 0.3) is 0 Å². The van der Waals surface area contributed by atoms with Crippen LogP contribution in [0.4, 0.5) is 4.79 Å². The maximum atomic E-state index is 12.8. The van der Waals surface area contributed by atoms with Crippen molar-refractivity contribution in [2.24, 2.45) is 22.4 Å². The first-order valence-electron chi connectivity index (χ1n) is 7.70. The van der Waals surface area contributed by atoms with Crippen molar-refractivity contribution in [3.05, 3.63) is 11.5 Å². The Morgan fingerprint density at radius 3 is 2.52 bits per heavy atom. The minimum Gasteiger partial charge on any atom is -0.419 e. The molecule has 2 unspecified atom stereocenters. The van der Waals surface area contributed by atoms with Crippen LogP contribution in [-0.2, 0) is 14.3 Å². The zero-order valence-electron chi connectivity index (χ0n) is 13.9. The molecule has 2 heterocycles. The van der Waals surface area contributed by atoms with E-state index in [-0.39, 0.29) is 18.3 Å². The van der Waals surface area contributed by atoms with Crippen LogP contribution in [0.2, 0.25) is 0 Å². The number of hydrogen-bond acceptors (Lipinski definition) is 9. The van der Waals surface area contributed by atoms with Crippen LogP contribution in [0, 0.1) is 5.92 Å². The number of carbonyl (C=O) groups is 2. The molecule has 1 fully saturated rings. The molecule has 5 atom stereocenters. The number of nitrogens with zero attached hydrogens (tertiary/aromatic N) is 2. The molecule has 0 aromatic heterocycles. The molecule has 25 heavy (non-hydrogen) atoms. The molecule has 0 aromatic carbocycles. The number of amides is 2. The van der Waals surface area contributed by atoms with E-state index < -0.39 is 53.3 Å². The van der Waals surface area contributed by atoms with Gasteiger partial charge in [0.05, 0.1) is 13.2 Å². The molecule has 11 heteroatoms. The SMILES string of the molecule is CC(C)COC(=O)[N+]1(C2O[C@H](CO)[C@@H](O)[C@H]2O)C=NC(N)=C1C(N)=O. The Morgan fingerprint density at radius 1 is 1.40 bits per heavy atom. The molecule has 2 amide bonds. The molecule has 1 saturated heterocycles. The Bertz CT molecular complexity index is 620. The fraction of sp³-hybridized carbons (Fsp3) is 0.643. The van der Waals surface area contributed by atoms with Crippen molar-refractivity contribution in [1.29, 1.82) is 0 Å². The Balaban J connectivity index is 2.50. The van der Waals surface area contributed by atoms with Gasteiger partial charge < -0.3 is 36.3 Å². The second-order valence-electron chi connectivity index (χ2n) is 6.32. The normalized spacial score (nSPS) is 34.8. The average molecular weight is 359 g/mol. The lowest BCUT2D eigenvalue weighted by molar-refractivity contribution is -0.777. The zero-order valence-corrected chi connectivity index (χ0v) is 13.9. The molecule has 2 aliphatic rings. The van der Waals surface area contributed by atoms with Crippen LogP contribution in [-0.4, -0.2) is 75.9 Å². The standard InChI is InChI=1S/C14H22N4O7/c1-6(2)4-24-14(23)18(5-17-11(15)8(18)12(16)22)13-10(21)9(20)7(3-19)25-13/h5-7,9-10,13,19-21H,3-4H2,1-2H3,(H3-,15,16,22)/p+1/t7-,9-,10-,13?,18?/m1/s1. The topological polar surface area (TPSA) is 178 Å². The number of aliphatic hydroxyl groups excluding tert-OH is 3. The Labute approximate surface area is 143 Å². The number of aliphatic hydroxyl groups is 3. The summed E-state index contributed by atoms with van der Waals surface area (Å²) in [6, 6.07) is 0. The molecular weight excluding hydrogens is 336 g/mol.